The lowest BCUT2D eigenvalue weighted by atomic mass is 9.64. The number of hydrogen-bond acceptors (Lipinski definition) is 6. The van der Waals surface area contributed by atoms with Crippen LogP contribution >= 0.6 is 0 Å². The summed E-state index contributed by atoms with van der Waals surface area (Å²) in [5, 5.41) is 16.4. The normalized spacial score (nSPS) is 44.8. The molecule has 5 rings (SSSR count). The predicted molar refractivity (Wildman–Crippen MR) is 130 cm³/mol. The lowest BCUT2D eigenvalue weighted by Gasteiger charge is -2.54. The van der Waals surface area contributed by atoms with Crippen LogP contribution in [0.2, 0.25) is 0 Å². The zero-order valence-corrected chi connectivity index (χ0v) is 21.0. The van der Waals surface area contributed by atoms with Gasteiger partial charge < -0.3 is 14.8 Å². The van der Waals surface area contributed by atoms with Crippen molar-refractivity contribution in [1.29, 1.82) is 5.26 Å². The Bertz CT molecular complexity index is 685. The topological polar surface area (TPSA) is 69.5 Å². The van der Waals surface area contributed by atoms with Crippen molar-refractivity contribution in [3.63, 3.8) is 0 Å². The number of likely N-dealkylation sites (tertiary alicyclic amines) is 1. The summed E-state index contributed by atoms with van der Waals surface area (Å²) in [7, 11) is 1.79. The molecule has 3 heterocycles. The van der Waals surface area contributed by atoms with E-state index in [-0.39, 0.29) is 12.1 Å². The Morgan fingerprint density at radius 2 is 1.88 bits per heavy atom. The number of hydrogen-bond donors (Lipinski definition) is 2. The number of morpholine rings is 1. The third kappa shape index (κ3) is 5.62. The van der Waals surface area contributed by atoms with Crippen molar-refractivity contribution in [2.75, 3.05) is 46.4 Å². The second-order valence-corrected chi connectivity index (χ2v) is 11.9. The van der Waals surface area contributed by atoms with Crippen LogP contribution in [-0.4, -0.2) is 75.9 Å². The van der Waals surface area contributed by atoms with Gasteiger partial charge in [-0.1, -0.05) is 0 Å². The van der Waals surface area contributed by atoms with Gasteiger partial charge in [0.15, 0.2) is 0 Å². The monoisotopic (exact) mass is 476 g/mol. The maximum atomic E-state index is 14.8. The molecule has 0 aromatic heterocycles. The first-order valence-electron chi connectivity index (χ1n) is 14.0. The number of piperidine rings is 1. The summed E-state index contributed by atoms with van der Waals surface area (Å²) in [5.74, 6) is 2.83. The number of alkyl halides is 1. The highest BCUT2D eigenvalue weighted by Crippen LogP contribution is 2.47. The number of halogens is 1. The van der Waals surface area contributed by atoms with Gasteiger partial charge in [0.2, 0.25) is 0 Å². The van der Waals surface area contributed by atoms with Gasteiger partial charge >= 0.3 is 0 Å². The maximum absolute atomic E-state index is 14.8. The van der Waals surface area contributed by atoms with Crippen LogP contribution in [0.15, 0.2) is 0 Å². The molecule has 0 bridgehead atoms. The van der Waals surface area contributed by atoms with E-state index in [9.17, 15) is 9.65 Å². The molecule has 9 atom stereocenters. The summed E-state index contributed by atoms with van der Waals surface area (Å²) in [4.78, 5) is 2.75. The SMILES string of the molecule is COC1CCC(C2CN(C3CCC(CC4CNCCO4)CC3C3CCC(C#N)C(F)C3)C2)CN1. The minimum absolute atomic E-state index is 0.229. The van der Waals surface area contributed by atoms with Crippen molar-refractivity contribution in [2.45, 2.75) is 82.3 Å². The number of nitrogens with one attached hydrogen (secondary N) is 2. The highest BCUT2D eigenvalue weighted by molar-refractivity contribution is 5.01. The molecule has 9 unspecified atom stereocenters. The van der Waals surface area contributed by atoms with Crippen LogP contribution in [-0.2, 0) is 9.47 Å². The van der Waals surface area contributed by atoms with E-state index in [2.05, 4.69) is 21.6 Å². The largest absolute Gasteiger partial charge is 0.376 e. The van der Waals surface area contributed by atoms with Gasteiger partial charge in [0, 0.05) is 45.9 Å². The second kappa shape index (κ2) is 11.5. The highest BCUT2D eigenvalue weighted by atomic mass is 19.1. The number of rotatable bonds is 6. The lowest BCUT2D eigenvalue weighted by molar-refractivity contribution is -0.0659. The number of nitrogens with zero attached hydrogens (tertiary/aromatic N) is 2. The van der Waals surface area contributed by atoms with E-state index >= 15 is 0 Å². The van der Waals surface area contributed by atoms with Crippen LogP contribution in [0, 0.1) is 46.8 Å². The van der Waals surface area contributed by atoms with Gasteiger partial charge in [-0.05, 0) is 87.4 Å². The average molecular weight is 477 g/mol. The van der Waals surface area contributed by atoms with Crippen molar-refractivity contribution >= 4 is 0 Å². The van der Waals surface area contributed by atoms with Crippen LogP contribution in [0.4, 0.5) is 4.39 Å². The molecule has 3 saturated heterocycles. The standard InChI is InChI=1S/C27H45FN4O2/c1-33-27-7-5-21(14-31-27)22-16-32(17-22)26-6-2-18(10-23-15-30-8-9-34-23)11-24(26)19-3-4-20(13-29)25(28)12-19/h18-27,30-31H,2-12,14-17H2,1H3. The lowest BCUT2D eigenvalue weighted by Crippen LogP contribution is -2.60. The first kappa shape index (κ1) is 24.9. The van der Waals surface area contributed by atoms with Crippen LogP contribution in [0.1, 0.15) is 57.8 Å². The van der Waals surface area contributed by atoms with Gasteiger partial charge in [-0.25, -0.2) is 4.39 Å². The fraction of sp³-hybridized carbons (Fsp3) is 0.963. The van der Waals surface area contributed by atoms with E-state index in [1.807, 2.05) is 0 Å². The number of methoxy groups -OCH3 is 1. The van der Waals surface area contributed by atoms with Crippen LogP contribution in [0.5, 0.6) is 0 Å². The van der Waals surface area contributed by atoms with Gasteiger partial charge in [-0.15, -0.1) is 0 Å². The molecule has 0 aromatic rings. The van der Waals surface area contributed by atoms with Crippen LogP contribution < -0.4 is 10.6 Å². The molecule has 0 aromatic carbocycles. The molecule has 2 N–H and O–H groups in total. The summed E-state index contributed by atoms with van der Waals surface area (Å²) in [5.41, 5.74) is 0. The first-order valence-corrected chi connectivity index (χ1v) is 14.0. The van der Waals surface area contributed by atoms with Crippen molar-refractivity contribution < 1.29 is 13.9 Å². The quantitative estimate of drug-likeness (QED) is 0.613. The van der Waals surface area contributed by atoms with E-state index < -0.39 is 6.17 Å². The molecule has 5 fully saturated rings. The molecule has 6 nitrogen and oxygen atoms in total. The summed E-state index contributed by atoms with van der Waals surface area (Å²) < 4.78 is 26.3. The van der Waals surface area contributed by atoms with Gasteiger partial charge in [0.05, 0.1) is 24.7 Å². The maximum Gasteiger partial charge on any atom is 0.116 e. The zero-order chi connectivity index (χ0) is 23.5. The Hall–Kier alpha value is -0.780. The molecule has 3 aliphatic heterocycles. The predicted octanol–water partition coefficient (Wildman–Crippen LogP) is 3.33. The molecule has 7 heteroatoms. The van der Waals surface area contributed by atoms with E-state index in [4.69, 9.17) is 9.47 Å². The van der Waals surface area contributed by atoms with Crippen molar-refractivity contribution in [3.05, 3.63) is 0 Å². The Morgan fingerprint density at radius 3 is 2.56 bits per heavy atom. The molecular weight excluding hydrogens is 431 g/mol. The Morgan fingerprint density at radius 1 is 1.03 bits per heavy atom. The van der Waals surface area contributed by atoms with Gasteiger partial charge in [-0.3, -0.25) is 10.2 Å². The molecule has 0 amide bonds. The molecule has 2 saturated carbocycles. The number of ether oxygens (including phenoxy) is 2. The van der Waals surface area contributed by atoms with E-state index in [0.717, 1.165) is 63.8 Å². The minimum Gasteiger partial charge on any atom is -0.376 e. The van der Waals surface area contributed by atoms with E-state index in [1.165, 1.54) is 38.8 Å². The van der Waals surface area contributed by atoms with Gasteiger partial charge in [0.1, 0.15) is 12.4 Å². The molecule has 0 spiro atoms. The highest BCUT2D eigenvalue weighted by Gasteiger charge is 2.46. The Labute approximate surface area is 205 Å². The minimum atomic E-state index is -0.943. The molecule has 192 valence electrons. The second-order valence-electron chi connectivity index (χ2n) is 11.9. The van der Waals surface area contributed by atoms with Gasteiger partial charge in [-0.2, -0.15) is 5.26 Å². The van der Waals surface area contributed by atoms with E-state index in [0.29, 0.717) is 36.3 Å². The summed E-state index contributed by atoms with van der Waals surface area (Å²) in [6, 6.07) is 2.82. The smallest absolute Gasteiger partial charge is 0.116 e. The van der Waals surface area contributed by atoms with Crippen LogP contribution in [0.25, 0.3) is 0 Å². The Kier molecular flexibility index (Phi) is 8.43. The van der Waals surface area contributed by atoms with Gasteiger partial charge in [0.25, 0.3) is 0 Å². The summed E-state index contributed by atoms with van der Waals surface area (Å²) >= 11 is 0. The average Bonchev–Trinajstić information content (AvgIpc) is 2.85. The summed E-state index contributed by atoms with van der Waals surface area (Å²) in [6.07, 6.45) is 9.22. The molecule has 0 radical (unpaired) electrons. The van der Waals surface area contributed by atoms with Crippen molar-refractivity contribution in [1.82, 2.24) is 15.5 Å². The Balaban J connectivity index is 1.19. The van der Waals surface area contributed by atoms with Crippen molar-refractivity contribution in [2.24, 2.45) is 35.5 Å². The third-order valence-corrected chi connectivity index (χ3v) is 9.92. The molecule has 34 heavy (non-hydrogen) atoms. The van der Waals surface area contributed by atoms with E-state index in [1.54, 1.807) is 7.11 Å². The third-order valence-electron chi connectivity index (χ3n) is 9.92. The number of nitriles is 1. The van der Waals surface area contributed by atoms with Crippen molar-refractivity contribution in [3.8, 4) is 6.07 Å². The molecule has 5 aliphatic rings. The fourth-order valence-electron chi connectivity index (χ4n) is 7.85. The fourth-order valence-corrected chi connectivity index (χ4v) is 7.85. The zero-order valence-electron chi connectivity index (χ0n) is 21.0. The summed E-state index contributed by atoms with van der Waals surface area (Å²) in [6.45, 7) is 6.24. The molecule has 2 aliphatic carbocycles. The molecular formula is C27H45FN4O2. The first-order chi connectivity index (χ1) is 16.6. The van der Waals surface area contributed by atoms with Crippen LogP contribution in [0.3, 0.4) is 0 Å².